The van der Waals surface area contributed by atoms with Crippen molar-refractivity contribution in [2.45, 2.75) is 32.2 Å². The number of aliphatic hydroxyl groups is 1. The lowest BCUT2D eigenvalue weighted by molar-refractivity contribution is -0.383. The van der Waals surface area contributed by atoms with Gasteiger partial charge in [0.1, 0.15) is 5.52 Å². The second-order valence-corrected chi connectivity index (χ2v) is 5.30. The topological polar surface area (TPSA) is 88.3 Å². The molecule has 1 heterocycles. The van der Waals surface area contributed by atoms with Crippen LogP contribution in [0.4, 0.5) is 11.4 Å². The summed E-state index contributed by atoms with van der Waals surface area (Å²) in [5, 5.41) is 24.2. The molecule has 0 saturated carbocycles. The summed E-state index contributed by atoms with van der Waals surface area (Å²) in [5.74, 6) is 0. The average Bonchev–Trinajstić information content (AvgIpc) is 2.47. The molecular weight excluding hydrogens is 270 g/mol. The first-order valence-corrected chi connectivity index (χ1v) is 6.92. The Morgan fingerprint density at radius 2 is 2.19 bits per heavy atom. The second kappa shape index (κ2) is 6.05. The van der Waals surface area contributed by atoms with Crippen molar-refractivity contribution in [1.82, 2.24) is 4.98 Å². The van der Waals surface area contributed by atoms with Gasteiger partial charge in [0, 0.05) is 24.4 Å². The van der Waals surface area contributed by atoms with Crippen LogP contribution in [-0.4, -0.2) is 27.2 Å². The van der Waals surface area contributed by atoms with E-state index in [1.807, 2.05) is 13.8 Å². The number of fused-ring (bicyclic) bond motifs is 1. The number of nitrogens with zero attached hydrogens (tertiary/aromatic N) is 2. The van der Waals surface area contributed by atoms with E-state index in [2.05, 4.69) is 10.3 Å². The van der Waals surface area contributed by atoms with Gasteiger partial charge in [0.2, 0.25) is 0 Å². The van der Waals surface area contributed by atoms with E-state index in [0.717, 1.165) is 12.1 Å². The number of benzene rings is 1. The van der Waals surface area contributed by atoms with Crippen LogP contribution in [0.25, 0.3) is 10.9 Å². The molecular formula is C15H19N3O3. The lowest BCUT2D eigenvalue weighted by Crippen LogP contribution is -2.35. The van der Waals surface area contributed by atoms with Crippen LogP contribution in [0.1, 0.15) is 26.7 Å². The Bertz CT molecular complexity index is 660. The number of nitrogens with one attached hydrogen (secondary N) is 1. The third kappa shape index (κ3) is 3.11. The zero-order valence-corrected chi connectivity index (χ0v) is 12.2. The van der Waals surface area contributed by atoms with Gasteiger partial charge in [0.25, 0.3) is 5.69 Å². The van der Waals surface area contributed by atoms with E-state index in [9.17, 15) is 15.2 Å². The molecule has 0 amide bonds. The van der Waals surface area contributed by atoms with Crippen molar-refractivity contribution in [2.75, 3.05) is 11.9 Å². The molecule has 0 saturated heterocycles. The molecule has 1 aromatic heterocycles. The molecule has 6 heteroatoms. The van der Waals surface area contributed by atoms with Crippen molar-refractivity contribution in [3.05, 3.63) is 40.6 Å². The van der Waals surface area contributed by atoms with Gasteiger partial charge in [-0.2, -0.15) is 0 Å². The van der Waals surface area contributed by atoms with E-state index in [-0.39, 0.29) is 17.8 Å². The second-order valence-electron chi connectivity index (χ2n) is 5.30. The molecule has 0 fully saturated rings. The van der Waals surface area contributed by atoms with E-state index in [0.29, 0.717) is 17.3 Å². The number of pyridine rings is 1. The summed E-state index contributed by atoms with van der Waals surface area (Å²) in [5.41, 5.74) is 1.08. The molecule has 2 N–H and O–H groups in total. The third-order valence-corrected chi connectivity index (χ3v) is 3.82. The summed E-state index contributed by atoms with van der Waals surface area (Å²) < 4.78 is 0. The standard InChI is InChI=1S/C15H19N3O3/c1-3-15(2,8-10-19)17-12-6-7-13(18(20)21)11-5-4-9-16-14(11)12/h4-7,9,17,19H,3,8,10H2,1-2H3. The summed E-state index contributed by atoms with van der Waals surface area (Å²) in [6.45, 7) is 4.12. The molecule has 1 atom stereocenters. The van der Waals surface area contributed by atoms with Gasteiger partial charge in [-0.25, -0.2) is 0 Å². The number of aliphatic hydroxyl groups excluding tert-OH is 1. The van der Waals surface area contributed by atoms with Gasteiger partial charge in [-0.05, 0) is 38.0 Å². The SMILES string of the molecule is CCC(C)(CCO)Nc1ccc([N+](=O)[O-])c2cccnc12. The summed E-state index contributed by atoms with van der Waals surface area (Å²) in [6, 6.07) is 6.55. The van der Waals surface area contributed by atoms with E-state index in [4.69, 9.17) is 0 Å². The number of nitro benzene ring substituents is 1. The lowest BCUT2D eigenvalue weighted by atomic mass is 9.94. The molecule has 1 aromatic carbocycles. The van der Waals surface area contributed by atoms with Crippen LogP contribution < -0.4 is 5.32 Å². The largest absolute Gasteiger partial charge is 0.396 e. The van der Waals surface area contributed by atoms with Crippen LogP contribution in [0.2, 0.25) is 0 Å². The van der Waals surface area contributed by atoms with Crippen LogP contribution >= 0.6 is 0 Å². The van der Waals surface area contributed by atoms with Crippen molar-refractivity contribution in [1.29, 1.82) is 0 Å². The van der Waals surface area contributed by atoms with E-state index < -0.39 is 4.92 Å². The van der Waals surface area contributed by atoms with Crippen molar-refractivity contribution in [2.24, 2.45) is 0 Å². The predicted octanol–water partition coefficient (Wildman–Crippen LogP) is 3.11. The molecule has 0 aliphatic heterocycles. The summed E-state index contributed by atoms with van der Waals surface area (Å²) >= 11 is 0. The number of hydrogen-bond donors (Lipinski definition) is 2. The van der Waals surface area contributed by atoms with E-state index >= 15 is 0 Å². The van der Waals surface area contributed by atoms with Gasteiger partial charge >= 0.3 is 0 Å². The molecule has 0 radical (unpaired) electrons. The molecule has 6 nitrogen and oxygen atoms in total. The fraction of sp³-hybridized carbons (Fsp3) is 0.400. The third-order valence-electron chi connectivity index (χ3n) is 3.82. The van der Waals surface area contributed by atoms with Gasteiger partial charge < -0.3 is 10.4 Å². The Labute approximate surface area is 123 Å². The molecule has 112 valence electrons. The van der Waals surface area contributed by atoms with Crippen molar-refractivity contribution < 1.29 is 10.0 Å². The Morgan fingerprint density at radius 1 is 1.43 bits per heavy atom. The van der Waals surface area contributed by atoms with Crippen LogP contribution in [-0.2, 0) is 0 Å². The molecule has 1 unspecified atom stereocenters. The van der Waals surface area contributed by atoms with Crippen LogP contribution in [0.15, 0.2) is 30.5 Å². The number of anilines is 1. The normalized spacial score (nSPS) is 13.9. The molecule has 21 heavy (non-hydrogen) atoms. The van der Waals surface area contributed by atoms with Crippen molar-refractivity contribution in [3.8, 4) is 0 Å². The highest BCUT2D eigenvalue weighted by molar-refractivity contribution is 5.96. The quantitative estimate of drug-likeness (QED) is 0.630. The van der Waals surface area contributed by atoms with Gasteiger partial charge in [-0.1, -0.05) is 6.92 Å². The Kier molecular flexibility index (Phi) is 4.37. The molecule has 0 spiro atoms. The van der Waals surface area contributed by atoms with Gasteiger partial charge in [0.05, 0.1) is 16.0 Å². The smallest absolute Gasteiger partial charge is 0.278 e. The minimum atomic E-state index is -0.402. The number of non-ortho nitro benzene ring substituents is 1. The molecule has 2 rings (SSSR count). The Morgan fingerprint density at radius 3 is 2.81 bits per heavy atom. The predicted molar refractivity (Wildman–Crippen MR) is 82.4 cm³/mol. The minimum Gasteiger partial charge on any atom is -0.396 e. The van der Waals surface area contributed by atoms with Crippen molar-refractivity contribution >= 4 is 22.3 Å². The van der Waals surface area contributed by atoms with E-state index in [1.165, 1.54) is 6.07 Å². The fourth-order valence-corrected chi connectivity index (χ4v) is 2.32. The zero-order valence-electron chi connectivity index (χ0n) is 12.2. The van der Waals surface area contributed by atoms with Gasteiger partial charge in [0.15, 0.2) is 0 Å². The highest BCUT2D eigenvalue weighted by Gasteiger charge is 2.23. The first-order valence-electron chi connectivity index (χ1n) is 6.92. The monoisotopic (exact) mass is 289 g/mol. The van der Waals surface area contributed by atoms with Crippen LogP contribution in [0, 0.1) is 10.1 Å². The van der Waals surface area contributed by atoms with Gasteiger partial charge in [-0.3, -0.25) is 15.1 Å². The molecule has 2 aromatic rings. The minimum absolute atomic E-state index is 0.0454. The Hall–Kier alpha value is -2.21. The maximum atomic E-state index is 11.1. The fourth-order valence-electron chi connectivity index (χ4n) is 2.32. The molecule has 0 bridgehead atoms. The number of hydrogen-bond acceptors (Lipinski definition) is 5. The number of aromatic nitrogens is 1. The zero-order chi connectivity index (χ0) is 15.5. The maximum Gasteiger partial charge on any atom is 0.278 e. The first kappa shape index (κ1) is 15.2. The first-order chi connectivity index (χ1) is 10.0. The Balaban J connectivity index is 2.51. The summed E-state index contributed by atoms with van der Waals surface area (Å²) in [6.07, 6.45) is 3.03. The highest BCUT2D eigenvalue weighted by atomic mass is 16.6. The van der Waals surface area contributed by atoms with Crippen LogP contribution in [0.5, 0.6) is 0 Å². The number of nitro groups is 1. The van der Waals surface area contributed by atoms with Crippen LogP contribution in [0.3, 0.4) is 0 Å². The maximum absolute atomic E-state index is 11.1. The highest BCUT2D eigenvalue weighted by Crippen LogP contribution is 2.32. The van der Waals surface area contributed by atoms with Gasteiger partial charge in [-0.15, -0.1) is 0 Å². The summed E-state index contributed by atoms with van der Waals surface area (Å²) in [7, 11) is 0. The number of rotatable bonds is 6. The lowest BCUT2D eigenvalue weighted by Gasteiger charge is -2.30. The molecule has 0 aliphatic carbocycles. The van der Waals surface area contributed by atoms with Crippen molar-refractivity contribution in [3.63, 3.8) is 0 Å². The average molecular weight is 289 g/mol. The molecule has 0 aliphatic rings. The summed E-state index contributed by atoms with van der Waals surface area (Å²) in [4.78, 5) is 15.0. The van der Waals surface area contributed by atoms with E-state index in [1.54, 1.807) is 24.4 Å².